The summed E-state index contributed by atoms with van der Waals surface area (Å²) < 4.78 is 10.3. The summed E-state index contributed by atoms with van der Waals surface area (Å²) in [6.07, 6.45) is 1.17. The number of nitrogens with zero attached hydrogens (tertiary/aromatic N) is 2. The first kappa shape index (κ1) is 16.7. The van der Waals surface area contributed by atoms with Crippen LogP contribution in [0, 0.1) is 17.0 Å². The lowest BCUT2D eigenvalue weighted by molar-refractivity contribution is -0.385. The summed E-state index contributed by atoms with van der Waals surface area (Å²) in [5.74, 6) is 0.187. The van der Waals surface area contributed by atoms with E-state index in [-0.39, 0.29) is 18.0 Å². The maximum absolute atomic E-state index is 12.0. The van der Waals surface area contributed by atoms with Crippen LogP contribution in [0.1, 0.15) is 21.5 Å². The Morgan fingerprint density at radius 2 is 2.04 bits per heavy atom. The highest BCUT2D eigenvalue weighted by atomic mass is 35.5. The first-order chi connectivity index (χ1) is 12.0. The number of hydrazone groups is 1. The molecule has 0 saturated carbocycles. The van der Waals surface area contributed by atoms with Crippen LogP contribution < -0.4 is 14.9 Å². The third-order valence-electron chi connectivity index (χ3n) is 3.52. The van der Waals surface area contributed by atoms with Crippen LogP contribution in [-0.2, 0) is 0 Å². The molecule has 25 heavy (non-hydrogen) atoms. The zero-order valence-corrected chi connectivity index (χ0v) is 13.7. The highest BCUT2D eigenvalue weighted by Gasteiger charge is 2.22. The average molecular weight is 362 g/mol. The highest BCUT2D eigenvalue weighted by molar-refractivity contribution is 6.31. The van der Waals surface area contributed by atoms with Crippen LogP contribution in [0.3, 0.4) is 0 Å². The summed E-state index contributed by atoms with van der Waals surface area (Å²) in [5, 5.41) is 15.4. The molecule has 0 aromatic heterocycles. The van der Waals surface area contributed by atoms with Crippen LogP contribution >= 0.6 is 11.6 Å². The Labute approximate surface area is 147 Å². The van der Waals surface area contributed by atoms with Crippen LogP contribution in [0.15, 0.2) is 35.4 Å². The van der Waals surface area contributed by atoms with E-state index >= 15 is 0 Å². The molecule has 128 valence electrons. The number of benzene rings is 2. The standard InChI is InChI=1S/C16H12ClN3O5/c1-9-2-3-10(4-12(9)17)16(21)19-18-7-11-5-14-15(25-8-24-14)6-13(11)20(22)23/h2-7H,8H2,1H3,(H,19,21)/b18-7+. The number of carbonyl (C=O) groups excluding carboxylic acids is 1. The van der Waals surface area contributed by atoms with Crippen molar-refractivity contribution >= 4 is 29.4 Å². The van der Waals surface area contributed by atoms with Crippen molar-refractivity contribution in [3.63, 3.8) is 0 Å². The van der Waals surface area contributed by atoms with Gasteiger partial charge in [-0.05, 0) is 30.7 Å². The molecule has 2 aromatic carbocycles. The Hall–Kier alpha value is -3.13. The van der Waals surface area contributed by atoms with E-state index in [1.165, 1.54) is 24.4 Å². The van der Waals surface area contributed by atoms with Gasteiger partial charge < -0.3 is 9.47 Å². The van der Waals surface area contributed by atoms with Gasteiger partial charge in [0.2, 0.25) is 6.79 Å². The van der Waals surface area contributed by atoms with E-state index in [1.807, 2.05) is 6.92 Å². The topological polar surface area (TPSA) is 103 Å². The molecule has 0 fully saturated rings. The van der Waals surface area contributed by atoms with Crippen LogP contribution in [-0.4, -0.2) is 23.8 Å². The Balaban J connectivity index is 1.79. The summed E-state index contributed by atoms with van der Waals surface area (Å²) in [4.78, 5) is 22.6. The van der Waals surface area contributed by atoms with Gasteiger partial charge in [0, 0.05) is 10.6 Å². The first-order valence-electron chi connectivity index (χ1n) is 7.13. The Bertz CT molecular complexity index is 898. The number of hydrogen-bond donors (Lipinski definition) is 1. The van der Waals surface area contributed by atoms with Crippen molar-refractivity contribution in [2.45, 2.75) is 6.92 Å². The molecule has 0 unspecified atom stereocenters. The molecule has 0 spiro atoms. The lowest BCUT2D eigenvalue weighted by Crippen LogP contribution is -2.17. The highest BCUT2D eigenvalue weighted by Crippen LogP contribution is 2.37. The number of halogens is 1. The number of nitro groups is 1. The molecule has 1 N–H and O–H groups in total. The van der Waals surface area contributed by atoms with Gasteiger partial charge in [-0.1, -0.05) is 17.7 Å². The molecule has 1 heterocycles. The predicted octanol–water partition coefficient (Wildman–Crippen LogP) is 3.05. The van der Waals surface area contributed by atoms with Crippen molar-refractivity contribution in [1.82, 2.24) is 5.43 Å². The second-order valence-electron chi connectivity index (χ2n) is 5.18. The number of fused-ring (bicyclic) bond motifs is 1. The first-order valence-corrected chi connectivity index (χ1v) is 7.51. The zero-order chi connectivity index (χ0) is 18.0. The van der Waals surface area contributed by atoms with Crippen LogP contribution in [0.25, 0.3) is 0 Å². The van der Waals surface area contributed by atoms with Gasteiger partial charge in [0.15, 0.2) is 11.5 Å². The van der Waals surface area contributed by atoms with Crippen molar-refractivity contribution in [2.75, 3.05) is 6.79 Å². The zero-order valence-electron chi connectivity index (χ0n) is 13.0. The molecule has 0 atom stereocenters. The monoisotopic (exact) mass is 361 g/mol. The van der Waals surface area contributed by atoms with E-state index in [9.17, 15) is 14.9 Å². The normalized spacial score (nSPS) is 12.4. The van der Waals surface area contributed by atoms with E-state index in [0.717, 1.165) is 5.56 Å². The lowest BCUT2D eigenvalue weighted by atomic mass is 10.1. The fraction of sp³-hybridized carbons (Fsp3) is 0.125. The fourth-order valence-electron chi connectivity index (χ4n) is 2.17. The van der Waals surface area contributed by atoms with Crippen molar-refractivity contribution in [3.05, 3.63) is 62.2 Å². The van der Waals surface area contributed by atoms with Gasteiger partial charge in [-0.2, -0.15) is 5.10 Å². The molecular weight excluding hydrogens is 350 g/mol. The van der Waals surface area contributed by atoms with E-state index in [4.69, 9.17) is 21.1 Å². The summed E-state index contributed by atoms with van der Waals surface area (Å²) in [6.45, 7) is 1.82. The maximum Gasteiger partial charge on any atom is 0.282 e. The van der Waals surface area contributed by atoms with Crippen LogP contribution in [0.2, 0.25) is 5.02 Å². The summed E-state index contributed by atoms with van der Waals surface area (Å²) in [5.41, 5.74) is 3.45. The molecule has 0 radical (unpaired) electrons. The summed E-state index contributed by atoms with van der Waals surface area (Å²) in [6, 6.07) is 7.52. The van der Waals surface area contributed by atoms with E-state index in [1.54, 1.807) is 12.1 Å². The Kier molecular flexibility index (Phi) is 4.53. The Morgan fingerprint density at radius 3 is 2.72 bits per heavy atom. The number of rotatable bonds is 4. The molecule has 1 aliphatic rings. The molecule has 3 rings (SSSR count). The minimum absolute atomic E-state index is 0.00198. The lowest BCUT2D eigenvalue weighted by Gasteiger charge is -2.03. The van der Waals surface area contributed by atoms with Crippen LogP contribution in [0.5, 0.6) is 11.5 Å². The van der Waals surface area contributed by atoms with Crippen molar-refractivity contribution in [2.24, 2.45) is 5.10 Å². The number of aryl methyl sites for hydroxylation is 1. The van der Waals surface area contributed by atoms with Crippen molar-refractivity contribution in [1.29, 1.82) is 0 Å². The third-order valence-corrected chi connectivity index (χ3v) is 3.93. The van der Waals surface area contributed by atoms with E-state index < -0.39 is 10.8 Å². The van der Waals surface area contributed by atoms with Gasteiger partial charge in [-0.15, -0.1) is 0 Å². The van der Waals surface area contributed by atoms with Gasteiger partial charge in [-0.25, -0.2) is 5.43 Å². The number of amides is 1. The van der Waals surface area contributed by atoms with E-state index in [0.29, 0.717) is 22.1 Å². The third kappa shape index (κ3) is 3.53. The maximum atomic E-state index is 12.0. The second-order valence-corrected chi connectivity index (χ2v) is 5.59. The van der Waals surface area contributed by atoms with Gasteiger partial charge in [0.1, 0.15) is 0 Å². The molecular formula is C16H12ClN3O5. The van der Waals surface area contributed by atoms with Crippen LogP contribution in [0.4, 0.5) is 5.69 Å². The fourth-order valence-corrected chi connectivity index (χ4v) is 2.35. The van der Waals surface area contributed by atoms with Gasteiger partial charge in [0.05, 0.1) is 22.8 Å². The number of nitro benzene ring substituents is 1. The minimum atomic E-state index is -0.565. The number of nitrogens with one attached hydrogen (secondary N) is 1. The van der Waals surface area contributed by atoms with Gasteiger partial charge >= 0.3 is 0 Å². The molecule has 0 bridgehead atoms. The van der Waals surface area contributed by atoms with Crippen molar-refractivity contribution < 1.29 is 19.2 Å². The number of ether oxygens (including phenoxy) is 2. The molecule has 2 aromatic rings. The molecule has 9 heteroatoms. The molecule has 1 amide bonds. The van der Waals surface area contributed by atoms with Gasteiger partial charge in [0.25, 0.3) is 11.6 Å². The average Bonchev–Trinajstić information content (AvgIpc) is 3.03. The Morgan fingerprint density at radius 1 is 1.32 bits per heavy atom. The minimum Gasteiger partial charge on any atom is -0.454 e. The molecule has 0 aliphatic carbocycles. The SMILES string of the molecule is Cc1ccc(C(=O)N/N=C/c2cc3c(cc2[N+](=O)[O-])OCO3)cc1Cl. The second kappa shape index (κ2) is 6.78. The summed E-state index contributed by atoms with van der Waals surface area (Å²) in [7, 11) is 0. The predicted molar refractivity (Wildman–Crippen MR) is 90.5 cm³/mol. The number of carbonyl (C=O) groups is 1. The van der Waals surface area contributed by atoms with Crippen molar-refractivity contribution in [3.8, 4) is 11.5 Å². The van der Waals surface area contributed by atoms with Gasteiger partial charge in [-0.3, -0.25) is 14.9 Å². The quantitative estimate of drug-likeness (QED) is 0.512. The molecule has 0 saturated heterocycles. The largest absolute Gasteiger partial charge is 0.454 e. The molecule has 1 aliphatic heterocycles. The van der Waals surface area contributed by atoms with E-state index in [2.05, 4.69) is 10.5 Å². The smallest absolute Gasteiger partial charge is 0.282 e. The number of hydrogen-bond acceptors (Lipinski definition) is 6. The molecule has 8 nitrogen and oxygen atoms in total. The summed E-state index contributed by atoms with van der Waals surface area (Å²) >= 11 is 5.98.